The average molecular weight is 489 g/mol. The van der Waals surface area contributed by atoms with E-state index in [1.54, 1.807) is 9.25 Å². The van der Waals surface area contributed by atoms with Gasteiger partial charge in [0.2, 0.25) is 0 Å². The highest BCUT2D eigenvalue weighted by Crippen LogP contribution is 2.33. The zero-order chi connectivity index (χ0) is 25.7. The van der Waals surface area contributed by atoms with E-state index in [1.807, 2.05) is 80.6 Å². The van der Waals surface area contributed by atoms with E-state index in [1.165, 1.54) is 6.33 Å². The number of rotatable bonds is 4. The van der Waals surface area contributed by atoms with Crippen LogP contribution in [-0.2, 0) is 6.54 Å². The topological polar surface area (TPSA) is 131 Å². The standard InChI is InChI=1S/C28H24N8O/c1-16-8-3-6-13-21(16)36-22(33-20-12-7-9-17(2)23(20)28(36)37)14-35-27-24(26(30)31-15-32-27)25(34-35)18-10-4-5-11-19(18)29/h3-13,15H,14,29H2,1-2H3,(H2,30,31,32). The first-order valence-corrected chi connectivity index (χ1v) is 11.8. The molecule has 0 amide bonds. The second-order valence-electron chi connectivity index (χ2n) is 8.98. The summed E-state index contributed by atoms with van der Waals surface area (Å²) in [5.74, 6) is 0.819. The summed E-state index contributed by atoms with van der Waals surface area (Å²) in [5.41, 5.74) is 18.0. The Hall–Kier alpha value is -5.05. The molecule has 0 fully saturated rings. The number of benzene rings is 3. The van der Waals surface area contributed by atoms with Gasteiger partial charge in [-0.3, -0.25) is 9.36 Å². The predicted molar refractivity (Wildman–Crippen MR) is 145 cm³/mol. The van der Waals surface area contributed by atoms with Gasteiger partial charge in [-0.15, -0.1) is 0 Å². The minimum absolute atomic E-state index is 0.134. The lowest BCUT2D eigenvalue weighted by Crippen LogP contribution is -2.26. The molecular formula is C28H24N8O. The molecule has 4 N–H and O–H groups in total. The Labute approximate surface area is 212 Å². The van der Waals surface area contributed by atoms with Crippen molar-refractivity contribution in [3.63, 3.8) is 0 Å². The van der Waals surface area contributed by atoms with Crippen LogP contribution in [0.25, 0.3) is 38.9 Å². The van der Waals surface area contributed by atoms with Gasteiger partial charge in [-0.2, -0.15) is 5.10 Å². The van der Waals surface area contributed by atoms with Gasteiger partial charge in [-0.05, 0) is 43.2 Å². The number of anilines is 2. The first kappa shape index (κ1) is 22.4. The van der Waals surface area contributed by atoms with Crippen LogP contribution in [0.5, 0.6) is 0 Å². The van der Waals surface area contributed by atoms with Crippen LogP contribution in [0.1, 0.15) is 17.0 Å². The fourth-order valence-electron chi connectivity index (χ4n) is 4.79. The maximum absolute atomic E-state index is 13.9. The van der Waals surface area contributed by atoms with E-state index in [0.29, 0.717) is 45.0 Å². The van der Waals surface area contributed by atoms with Crippen LogP contribution >= 0.6 is 0 Å². The lowest BCUT2D eigenvalue weighted by atomic mass is 10.1. The zero-order valence-corrected chi connectivity index (χ0v) is 20.4. The van der Waals surface area contributed by atoms with Gasteiger partial charge in [0, 0.05) is 11.3 Å². The number of aryl methyl sites for hydroxylation is 2. The summed E-state index contributed by atoms with van der Waals surface area (Å²) in [6.45, 7) is 4.07. The molecule has 0 spiro atoms. The number of hydrogen-bond donors (Lipinski definition) is 2. The molecule has 0 saturated carbocycles. The van der Waals surface area contributed by atoms with Gasteiger partial charge in [0.25, 0.3) is 5.56 Å². The maximum Gasteiger partial charge on any atom is 0.266 e. The minimum Gasteiger partial charge on any atom is -0.398 e. The molecule has 9 nitrogen and oxygen atoms in total. The van der Waals surface area contributed by atoms with E-state index in [4.69, 9.17) is 21.5 Å². The summed E-state index contributed by atoms with van der Waals surface area (Å²) >= 11 is 0. The number of nitrogens with zero attached hydrogens (tertiary/aromatic N) is 6. The molecule has 0 unspecified atom stereocenters. The number of fused-ring (bicyclic) bond motifs is 2. The first-order valence-electron chi connectivity index (χ1n) is 11.8. The number of hydrogen-bond acceptors (Lipinski definition) is 7. The van der Waals surface area contributed by atoms with Crippen molar-refractivity contribution in [3.05, 3.63) is 100 Å². The largest absolute Gasteiger partial charge is 0.398 e. The van der Waals surface area contributed by atoms with Crippen molar-refractivity contribution in [1.82, 2.24) is 29.3 Å². The molecule has 3 heterocycles. The molecule has 6 aromatic rings. The number of aromatic nitrogens is 6. The molecule has 0 aliphatic carbocycles. The summed E-state index contributed by atoms with van der Waals surface area (Å²) in [4.78, 5) is 27.5. The van der Waals surface area contributed by atoms with E-state index < -0.39 is 0 Å². The summed E-state index contributed by atoms with van der Waals surface area (Å²) in [6, 6.07) is 20.9. The van der Waals surface area contributed by atoms with Gasteiger partial charge in [0.15, 0.2) is 5.65 Å². The second-order valence-corrected chi connectivity index (χ2v) is 8.98. The zero-order valence-electron chi connectivity index (χ0n) is 20.4. The molecule has 37 heavy (non-hydrogen) atoms. The number of para-hydroxylation sites is 2. The van der Waals surface area contributed by atoms with Gasteiger partial charge in [-0.25, -0.2) is 19.6 Å². The van der Waals surface area contributed by atoms with Crippen molar-refractivity contribution in [2.24, 2.45) is 0 Å². The van der Waals surface area contributed by atoms with Crippen LogP contribution in [0.15, 0.2) is 77.9 Å². The van der Waals surface area contributed by atoms with Crippen molar-refractivity contribution in [3.8, 4) is 16.9 Å². The van der Waals surface area contributed by atoms with Gasteiger partial charge >= 0.3 is 0 Å². The van der Waals surface area contributed by atoms with Gasteiger partial charge < -0.3 is 11.5 Å². The monoisotopic (exact) mass is 488 g/mol. The van der Waals surface area contributed by atoms with E-state index in [-0.39, 0.29) is 12.1 Å². The smallest absolute Gasteiger partial charge is 0.266 e. The van der Waals surface area contributed by atoms with Crippen LogP contribution in [0, 0.1) is 13.8 Å². The number of nitrogens with two attached hydrogens (primary N) is 2. The van der Waals surface area contributed by atoms with Gasteiger partial charge in [-0.1, -0.05) is 48.5 Å². The van der Waals surface area contributed by atoms with E-state index in [0.717, 1.165) is 22.4 Å². The molecule has 0 aliphatic heterocycles. The molecule has 3 aromatic heterocycles. The Morgan fingerprint density at radius 1 is 0.838 bits per heavy atom. The fourth-order valence-corrected chi connectivity index (χ4v) is 4.79. The van der Waals surface area contributed by atoms with Crippen LogP contribution < -0.4 is 17.0 Å². The Morgan fingerprint density at radius 2 is 1.59 bits per heavy atom. The second kappa shape index (κ2) is 8.56. The summed E-state index contributed by atoms with van der Waals surface area (Å²) in [7, 11) is 0. The minimum atomic E-state index is -0.134. The summed E-state index contributed by atoms with van der Waals surface area (Å²) in [6.07, 6.45) is 1.40. The SMILES string of the molecule is Cc1ccccc1-n1c(Cn2nc(-c3ccccc3N)c3c(N)ncnc32)nc2cccc(C)c2c1=O. The van der Waals surface area contributed by atoms with Gasteiger partial charge in [0.05, 0.1) is 22.0 Å². The molecular weight excluding hydrogens is 464 g/mol. The third kappa shape index (κ3) is 3.59. The maximum atomic E-state index is 13.9. The Balaban J connectivity index is 1.64. The molecule has 0 bridgehead atoms. The molecule has 3 aromatic carbocycles. The molecule has 6 rings (SSSR count). The lowest BCUT2D eigenvalue weighted by molar-refractivity contribution is 0.651. The average Bonchev–Trinajstić information content (AvgIpc) is 3.24. The van der Waals surface area contributed by atoms with Crippen molar-refractivity contribution in [1.29, 1.82) is 0 Å². The quantitative estimate of drug-likeness (QED) is 0.358. The highest BCUT2D eigenvalue weighted by molar-refractivity contribution is 6.00. The molecule has 0 aliphatic rings. The molecule has 182 valence electrons. The van der Waals surface area contributed by atoms with Crippen molar-refractivity contribution < 1.29 is 0 Å². The van der Waals surface area contributed by atoms with Crippen molar-refractivity contribution in [2.45, 2.75) is 20.4 Å². The Kier molecular flexibility index (Phi) is 5.19. The van der Waals surface area contributed by atoms with Crippen LogP contribution in [0.3, 0.4) is 0 Å². The predicted octanol–water partition coefficient (Wildman–Crippen LogP) is 4.02. The third-order valence-electron chi connectivity index (χ3n) is 6.60. The highest BCUT2D eigenvalue weighted by Gasteiger charge is 2.21. The molecule has 0 radical (unpaired) electrons. The van der Waals surface area contributed by atoms with Gasteiger partial charge in [0.1, 0.15) is 30.2 Å². The van der Waals surface area contributed by atoms with Crippen molar-refractivity contribution in [2.75, 3.05) is 11.5 Å². The normalized spacial score (nSPS) is 11.4. The lowest BCUT2D eigenvalue weighted by Gasteiger charge is -2.16. The summed E-state index contributed by atoms with van der Waals surface area (Å²) in [5, 5.41) is 6.05. The van der Waals surface area contributed by atoms with Crippen LogP contribution in [0.2, 0.25) is 0 Å². The third-order valence-corrected chi connectivity index (χ3v) is 6.60. The van der Waals surface area contributed by atoms with E-state index >= 15 is 0 Å². The first-order chi connectivity index (χ1) is 17.9. The molecule has 9 heteroatoms. The Bertz CT molecular complexity index is 1890. The summed E-state index contributed by atoms with van der Waals surface area (Å²) < 4.78 is 3.37. The van der Waals surface area contributed by atoms with Crippen molar-refractivity contribution >= 4 is 33.4 Å². The molecule has 0 atom stereocenters. The fraction of sp³-hybridized carbons (Fsp3) is 0.107. The Morgan fingerprint density at radius 3 is 2.41 bits per heavy atom. The van der Waals surface area contributed by atoms with Crippen LogP contribution in [0.4, 0.5) is 11.5 Å². The molecule has 0 saturated heterocycles. The van der Waals surface area contributed by atoms with E-state index in [9.17, 15) is 4.79 Å². The highest BCUT2D eigenvalue weighted by atomic mass is 16.1. The van der Waals surface area contributed by atoms with E-state index in [2.05, 4.69) is 9.97 Å². The number of nitrogen functional groups attached to an aromatic ring is 2. The van der Waals surface area contributed by atoms with Crippen LogP contribution in [-0.4, -0.2) is 29.3 Å².